The summed E-state index contributed by atoms with van der Waals surface area (Å²) in [7, 11) is 0. The lowest BCUT2D eigenvalue weighted by atomic mass is 9.94. The minimum Gasteiger partial charge on any atom is -0.271 e. The number of aromatic nitrogens is 1. The third-order valence-electron chi connectivity index (χ3n) is 2.48. The van der Waals surface area contributed by atoms with E-state index in [2.05, 4.69) is 24.3 Å². The van der Waals surface area contributed by atoms with Crippen LogP contribution in [-0.2, 0) is 0 Å². The van der Waals surface area contributed by atoms with E-state index in [1.54, 1.807) is 6.20 Å². The van der Waals surface area contributed by atoms with Gasteiger partial charge in [-0.2, -0.15) is 0 Å². The number of rotatable bonds is 4. The number of pyridine rings is 1. The largest absolute Gasteiger partial charge is 0.271 e. The molecular weight excluding hydrogens is 181 g/mol. The summed E-state index contributed by atoms with van der Waals surface area (Å²) in [4.78, 5) is 3.80. The highest BCUT2D eigenvalue weighted by atomic mass is 19.1. The van der Waals surface area contributed by atoms with Gasteiger partial charge in [-0.1, -0.05) is 20.3 Å². The maximum Gasteiger partial charge on any atom is 0.141 e. The van der Waals surface area contributed by atoms with Crippen molar-refractivity contribution in [1.82, 2.24) is 10.4 Å². The van der Waals surface area contributed by atoms with Crippen molar-refractivity contribution in [3.63, 3.8) is 0 Å². The summed E-state index contributed by atoms with van der Waals surface area (Å²) >= 11 is 0. The van der Waals surface area contributed by atoms with Crippen LogP contribution in [0.25, 0.3) is 0 Å². The van der Waals surface area contributed by atoms with Gasteiger partial charge in [0.15, 0.2) is 0 Å². The topological polar surface area (TPSA) is 50.9 Å². The third kappa shape index (κ3) is 2.49. The van der Waals surface area contributed by atoms with E-state index in [1.807, 2.05) is 0 Å². The van der Waals surface area contributed by atoms with E-state index in [0.717, 1.165) is 12.0 Å². The van der Waals surface area contributed by atoms with Crippen LogP contribution in [0.3, 0.4) is 0 Å². The number of hydrogen-bond acceptors (Lipinski definition) is 3. The van der Waals surface area contributed by atoms with E-state index in [9.17, 15) is 4.39 Å². The summed E-state index contributed by atoms with van der Waals surface area (Å²) < 4.78 is 12.9. The van der Waals surface area contributed by atoms with Crippen LogP contribution < -0.4 is 11.3 Å². The molecule has 0 amide bonds. The molecule has 0 spiro atoms. The van der Waals surface area contributed by atoms with E-state index in [-0.39, 0.29) is 11.9 Å². The molecule has 2 unspecified atom stereocenters. The Morgan fingerprint density at radius 1 is 1.57 bits per heavy atom. The lowest BCUT2D eigenvalue weighted by Gasteiger charge is -2.21. The van der Waals surface area contributed by atoms with E-state index in [0.29, 0.717) is 5.92 Å². The molecular formula is C10H16FN3. The molecule has 0 aromatic carbocycles. The van der Waals surface area contributed by atoms with Gasteiger partial charge >= 0.3 is 0 Å². The van der Waals surface area contributed by atoms with Crippen LogP contribution in [0.4, 0.5) is 4.39 Å². The second-order valence-corrected chi connectivity index (χ2v) is 3.47. The van der Waals surface area contributed by atoms with Gasteiger partial charge in [0.2, 0.25) is 0 Å². The Kier molecular flexibility index (Phi) is 3.98. The van der Waals surface area contributed by atoms with Gasteiger partial charge in [0.1, 0.15) is 5.82 Å². The molecule has 1 aromatic heterocycles. The second-order valence-electron chi connectivity index (χ2n) is 3.47. The molecule has 2 atom stereocenters. The molecule has 1 rings (SSSR count). The molecule has 0 aliphatic carbocycles. The summed E-state index contributed by atoms with van der Waals surface area (Å²) in [6, 6.07) is 1.42. The Morgan fingerprint density at radius 3 is 2.79 bits per heavy atom. The van der Waals surface area contributed by atoms with E-state index in [4.69, 9.17) is 5.84 Å². The Labute approximate surface area is 83.5 Å². The van der Waals surface area contributed by atoms with Crippen molar-refractivity contribution in [3.8, 4) is 0 Å². The first-order valence-electron chi connectivity index (χ1n) is 4.75. The maximum atomic E-state index is 12.9. The molecule has 0 aliphatic heterocycles. The molecule has 0 saturated carbocycles. The SMILES string of the molecule is CCC(C)C(NN)c1cncc(F)c1. The lowest BCUT2D eigenvalue weighted by molar-refractivity contribution is 0.380. The van der Waals surface area contributed by atoms with Gasteiger partial charge in [-0.05, 0) is 17.5 Å². The van der Waals surface area contributed by atoms with Crippen molar-refractivity contribution in [2.45, 2.75) is 26.3 Å². The molecule has 0 aliphatic rings. The first kappa shape index (κ1) is 11.1. The number of nitrogens with two attached hydrogens (primary N) is 1. The molecule has 4 heteroatoms. The zero-order chi connectivity index (χ0) is 10.6. The Hall–Kier alpha value is -1.00. The average molecular weight is 197 g/mol. The third-order valence-corrected chi connectivity index (χ3v) is 2.48. The van der Waals surface area contributed by atoms with Crippen LogP contribution in [0.5, 0.6) is 0 Å². The predicted molar refractivity (Wildman–Crippen MR) is 53.7 cm³/mol. The van der Waals surface area contributed by atoms with Gasteiger partial charge in [0, 0.05) is 6.20 Å². The lowest BCUT2D eigenvalue weighted by Crippen LogP contribution is -2.32. The zero-order valence-electron chi connectivity index (χ0n) is 8.50. The molecule has 3 N–H and O–H groups in total. The van der Waals surface area contributed by atoms with Crippen molar-refractivity contribution in [1.29, 1.82) is 0 Å². The minimum atomic E-state index is -0.328. The first-order valence-corrected chi connectivity index (χ1v) is 4.75. The van der Waals surface area contributed by atoms with Gasteiger partial charge in [-0.3, -0.25) is 16.3 Å². The van der Waals surface area contributed by atoms with Crippen LogP contribution in [0, 0.1) is 11.7 Å². The number of hydrogen-bond donors (Lipinski definition) is 2. The smallest absolute Gasteiger partial charge is 0.141 e. The number of halogens is 1. The van der Waals surface area contributed by atoms with Gasteiger partial charge < -0.3 is 0 Å². The van der Waals surface area contributed by atoms with Crippen molar-refractivity contribution < 1.29 is 4.39 Å². The summed E-state index contributed by atoms with van der Waals surface area (Å²) in [6.07, 6.45) is 3.80. The molecule has 0 bridgehead atoms. The van der Waals surface area contributed by atoms with Crippen LogP contribution in [0.1, 0.15) is 31.9 Å². The van der Waals surface area contributed by atoms with Crippen LogP contribution in [0.2, 0.25) is 0 Å². The zero-order valence-corrected chi connectivity index (χ0v) is 8.50. The molecule has 3 nitrogen and oxygen atoms in total. The normalized spacial score (nSPS) is 15.1. The standard InChI is InChI=1S/C10H16FN3/c1-3-7(2)10(14-12)8-4-9(11)6-13-5-8/h4-7,10,14H,3,12H2,1-2H3. The fraction of sp³-hybridized carbons (Fsp3) is 0.500. The highest BCUT2D eigenvalue weighted by Crippen LogP contribution is 2.22. The van der Waals surface area contributed by atoms with Gasteiger partial charge in [0.25, 0.3) is 0 Å². The highest BCUT2D eigenvalue weighted by molar-refractivity contribution is 5.15. The number of nitrogens with one attached hydrogen (secondary N) is 1. The molecule has 1 aromatic rings. The maximum absolute atomic E-state index is 12.9. The Morgan fingerprint density at radius 2 is 2.29 bits per heavy atom. The van der Waals surface area contributed by atoms with Crippen molar-refractivity contribution in [3.05, 3.63) is 29.8 Å². The minimum absolute atomic E-state index is 0.0387. The molecule has 0 radical (unpaired) electrons. The summed E-state index contributed by atoms with van der Waals surface area (Å²) in [5.41, 5.74) is 3.48. The molecule has 78 valence electrons. The number of nitrogens with zero attached hydrogens (tertiary/aromatic N) is 1. The number of hydrazine groups is 1. The first-order chi connectivity index (χ1) is 6.69. The van der Waals surface area contributed by atoms with E-state index >= 15 is 0 Å². The van der Waals surface area contributed by atoms with Crippen molar-refractivity contribution in [2.24, 2.45) is 11.8 Å². The van der Waals surface area contributed by atoms with E-state index in [1.165, 1.54) is 12.3 Å². The summed E-state index contributed by atoms with van der Waals surface area (Å²) in [5.74, 6) is 5.45. The molecule has 14 heavy (non-hydrogen) atoms. The fourth-order valence-corrected chi connectivity index (χ4v) is 1.42. The highest BCUT2D eigenvalue weighted by Gasteiger charge is 2.16. The van der Waals surface area contributed by atoms with Crippen LogP contribution >= 0.6 is 0 Å². The summed E-state index contributed by atoms with van der Waals surface area (Å²) in [5, 5.41) is 0. The Balaban J connectivity index is 2.89. The van der Waals surface area contributed by atoms with Crippen LogP contribution in [-0.4, -0.2) is 4.98 Å². The van der Waals surface area contributed by atoms with Gasteiger partial charge in [-0.15, -0.1) is 0 Å². The average Bonchev–Trinajstić information content (AvgIpc) is 2.19. The molecule has 0 saturated heterocycles. The molecule has 1 heterocycles. The Bertz CT molecular complexity index is 290. The predicted octanol–water partition coefficient (Wildman–Crippen LogP) is 1.77. The fourth-order valence-electron chi connectivity index (χ4n) is 1.42. The van der Waals surface area contributed by atoms with E-state index < -0.39 is 0 Å². The second kappa shape index (κ2) is 5.02. The van der Waals surface area contributed by atoms with Crippen molar-refractivity contribution in [2.75, 3.05) is 0 Å². The van der Waals surface area contributed by atoms with Gasteiger partial charge in [0.05, 0.1) is 12.2 Å². The van der Waals surface area contributed by atoms with Crippen molar-refractivity contribution >= 4 is 0 Å². The quantitative estimate of drug-likeness (QED) is 0.571. The summed E-state index contributed by atoms with van der Waals surface area (Å²) in [6.45, 7) is 4.14. The van der Waals surface area contributed by atoms with Gasteiger partial charge in [-0.25, -0.2) is 4.39 Å². The molecule has 0 fully saturated rings. The van der Waals surface area contributed by atoms with Crippen LogP contribution in [0.15, 0.2) is 18.5 Å². The monoisotopic (exact) mass is 197 g/mol.